The second-order valence-electron chi connectivity index (χ2n) is 11.2. The molecule has 2 atom stereocenters. The van der Waals surface area contributed by atoms with Crippen molar-refractivity contribution in [3.05, 3.63) is 107 Å². The van der Waals surface area contributed by atoms with Crippen molar-refractivity contribution in [2.45, 2.75) is 62.6 Å². The summed E-state index contributed by atoms with van der Waals surface area (Å²) in [6.45, 7) is 4.12. The molecule has 3 aromatic carbocycles. The van der Waals surface area contributed by atoms with Gasteiger partial charge in [0.1, 0.15) is 11.0 Å². The van der Waals surface area contributed by atoms with Gasteiger partial charge in [-0.25, -0.2) is 0 Å². The van der Waals surface area contributed by atoms with Crippen LogP contribution in [0, 0.1) is 5.92 Å². The number of rotatable bonds is 13. The standard InChI is InChI=1S/C34H43NO5/c1-2-21-33(25-36,32(38)39)27-17-15-26(16-18-27)31(37)14-9-22-35-23-19-30(20-24-35)34(40,28-10-5-3-6-11-28)29-12-7-4-8-13-29/h3-8,10-13,15-18,30-31,36-37,40H,2,9,14,19-25H2,1H3,(H,38,39). The molecule has 1 aliphatic rings. The maximum atomic E-state index is 12.1. The number of hydrogen-bond acceptors (Lipinski definition) is 5. The molecule has 4 N–H and O–H groups in total. The fourth-order valence-electron chi connectivity index (χ4n) is 6.34. The van der Waals surface area contributed by atoms with Gasteiger partial charge in [0, 0.05) is 0 Å². The summed E-state index contributed by atoms with van der Waals surface area (Å²) in [5, 5.41) is 42.5. The zero-order chi connectivity index (χ0) is 28.6. The first-order valence-corrected chi connectivity index (χ1v) is 14.5. The summed E-state index contributed by atoms with van der Waals surface area (Å²) in [7, 11) is 0. The van der Waals surface area contributed by atoms with Crippen LogP contribution < -0.4 is 0 Å². The van der Waals surface area contributed by atoms with E-state index < -0.39 is 29.7 Å². The van der Waals surface area contributed by atoms with Crippen LogP contribution in [0.4, 0.5) is 0 Å². The second kappa shape index (κ2) is 13.6. The van der Waals surface area contributed by atoms with Gasteiger partial charge in [-0.05, 0) is 79.9 Å². The van der Waals surface area contributed by atoms with E-state index in [0.29, 0.717) is 24.8 Å². The Morgan fingerprint density at radius 3 is 1.93 bits per heavy atom. The fourth-order valence-corrected chi connectivity index (χ4v) is 6.34. The summed E-state index contributed by atoms with van der Waals surface area (Å²) in [5.74, 6) is -0.915. The largest absolute Gasteiger partial charge is 0.481 e. The third-order valence-electron chi connectivity index (χ3n) is 8.76. The Morgan fingerprint density at radius 2 is 1.45 bits per heavy atom. The number of hydrogen-bond donors (Lipinski definition) is 4. The Kier molecular flexibility index (Phi) is 10.1. The lowest BCUT2D eigenvalue weighted by Crippen LogP contribution is -2.44. The second-order valence-corrected chi connectivity index (χ2v) is 11.2. The predicted octanol–water partition coefficient (Wildman–Crippen LogP) is 5.26. The molecule has 214 valence electrons. The van der Waals surface area contributed by atoms with Crippen molar-refractivity contribution >= 4 is 5.97 Å². The normalized spacial score (nSPS) is 17.3. The highest BCUT2D eigenvalue weighted by molar-refractivity contribution is 5.81. The van der Waals surface area contributed by atoms with Crippen molar-refractivity contribution in [2.75, 3.05) is 26.2 Å². The number of nitrogens with zero attached hydrogens (tertiary/aromatic N) is 1. The van der Waals surface area contributed by atoms with E-state index in [9.17, 15) is 25.2 Å². The number of aliphatic carboxylic acids is 1. The molecule has 0 amide bonds. The SMILES string of the molecule is CCCC(CO)(C(=O)O)c1ccc(C(O)CCCN2CCC(C(O)(c3ccccc3)c3ccccc3)CC2)cc1. The van der Waals surface area contributed by atoms with Crippen LogP contribution in [0.1, 0.15) is 73.8 Å². The van der Waals surface area contributed by atoms with Crippen LogP contribution in [0.5, 0.6) is 0 Å². The van der Waals surface area contributed by atoms with Gasteiger partial charge in [0.05, 0.1) is 12.7 Å². The average molecular weight is 546 g/mol. The molecule has 0 aromatic heterocycles. The molecule has 0 aliphatic carbocycles. The quantitative estimate of drug-likeness (QED) is 0.234. The number of aliphatic hydroxyl groups excluding tert-OH is 2. The molecule has 3 aromatic rings. The van der Waals surface area contributed by atoms with Crippen LogP contribution in [-0.4, -0.2) is 57.5 Å². The van der Waals surface area contributed by atoms with Crippen LogP contribution in [0.3, 0.4) is 0 Å². The highest BCUT2D eigenvalue weighted by Gasteiger charge is 2.41. The van der Waals surface area contributed by atoms with E-state index in [1.54, 1.807) is 24.3 Å². The average Bonchev–Trinajstić information content (AvgIpc) is 3.00. The van der Waals surface area contributed by atoms with E-state index in [-0.39, 0.29) is 5.92 Å². The van der Waals surface area contributed by atoms with Crippen LogP contribution in [0.25, 0.3) is 0 Å². The smallest absolute Gasteiger partial charge is 0.316 e. The number of piperidine rings is 1. The minimum Gasteiger partial charge on any atom is -0.481 e. The summed E-state index contributed by atoms with van der Waals surface area (Å²) < 4.78 is 0. The molecular weight excluding hydrogens is 502 g/mol. The number of carbonyl (C=O) groups is 1. The van der Waals surface area contributed by atoms with Gasteiger partial charge >= 0.3 is 5.97 Å². The van der Waals surface area contributed by atoms with Gasteiger partial charge < -0.3 is 25.3 Å². The van der Waals surface area contributed by atoms with Gasteiger partial charge in [0.2, 0.25) is 0 Å². The van der Waals surface area contributed by atoms with E-state index in [0.717, 1.165) is 55.6 Å². The third-order valence-corrected chi connectivity index (χ3v) is 8.76. The zero-order valence-electron chi connectivity index (χ0n) is 23.5. The van der Waals surface area contributed by atoms with E-state index >= 15 is 0 Å². The van der Waals surface area contributed by atoms with Crippen molar-refractivity contribution in [1.82, 2.24) is 4.90 Å². The Labute approximate surface area is 237 Å². The molecule has 6 nitrogen and oxygen atoms in total. The van der Waals surface area contributed by atoms with Gasteiger partial charge in [0.25, 0.3) is 0 Å². The monoisotopic (exact) mass is 545 g/mol. The van der Waals surface area contributed by atoms with Crippen molar-refractivity contribution in [3.63, 3.8) is 0 Å². The van der Waals surface area contributed by atoms with E-state index in [1.807, 2.05) is 67.6 Å². The summed E-state index contributed by atoms with van der Waals surface area (Å²) in [6, 6.07) is 27.0. The van der Waals surface area contributed by atoms with Gasteiger partial charge in [-0.2, -0.15) is 0 Å². The summed E-state index contributed by atoms with van der Waals surface area (Å²) in [5.41, 5.74) is 0.854. The highest BCUT2D eigenvalue weighted by atomic mass is 16.4. The molecule has 0 bridgehead atoms. The first kappa shape index (κ1) is 29.9. The van der Waals surface area contributed by atoms with Crippen molar-refractivity contribution in [2.24, 2.45) is 5.92 Å². The van der Waals surface area contributed by atoms with Crippen molar-refractivity contribution in [3.8, 4) is 0 Å². The maximum absolute atomic E-state index is 12.1. The maximum Gasteiger partial charge on any atom is 0.316 e. The summed E-state index contributed by atoms with van der Waals surface area (Å²) >= 11 is 0. The van der Waals surface area contributed by atoms with E-state index in [1.165, 1.54) is 0 Å². The molecule has 6 heteroatoms. The van der Waals surface area contributed by atoms with Gasteiger partial charge in [-0.1, -0.05) is 98.3 Å². The Morgan fingerprint density at radius 1 is 0.900 bits per heavy atom. The molecular formula is C34H43NO5. The number of benzene rings is 3. The highest BCUT2D eigenvalue weighted by Crippen LogP contribution is 2.42. The molecule has 1 aliphatic heterocycles. The van der Waals surface area contributed by atoms with Crippen molar-refractivity contribution < 1.29 is 25.2 Å². The Bertz CT molecular complexity index is 1150. The molecule has 1 saturated heterocycles. The lowest BCUT2D eigenvalue weighted by molar-refractivity contribution is -0.146. The predicted molar refractivity (Wildman–Crippen MR) is 157 cm³/mol. The first-order valence-electron chi connectivity index (χ1n) is 14.5. The molecule has 40 heavy (non-hydrogen) atoms. The van der Waals surface area contributed by atoms with E-state index in [2.05, 4.69) is 4.90 Å². The van der Waals surface area contributed by atoms with Crippen LogP contribution >= 0.6 is 0 Å². The zero-order valence-corrected chi connectivity index (χ0v) is 23.5. The summed E-state index contributed by atoms with van der Waals surface area (Å²) in [6.07, 6.45) is 3.58. The van der Waals surface area contributed by atoms with E-state index in [4.69, 9.17) is 0 Å². The molecule has 1 fully saturated rings. The summed E-state index contributed by atoms with van der Waals surface area (Å²) in [4.78, 5) is 14.4. The number of aliphatic hydroxyl groups is 3. The lowest BCUT2D eigenvalue weighted by atomic mass is 9.72. The lowest BCUT2D eigenvalue weighted by Gasteiger charge is -2.42. The minimum absolute atomic E-state index is 0.113. The van der Waals surface area contributed by atoms with Crippen molar-refractivity contribution in [1.29, 1.82) is 0 Å². The molecule has 4 rings (SSSR count). The molecule has 2 unspecified atom stereocenters. The Hall–Kier alpha value is -3.03. The molecule has 0 spiro atoms. The fraction of sp³-hybridized carbons (Fsp3) is 0.441. The molecule has 0 radical (unpaired) electrons. The van der Waals surface area contributed by atoms with Crippen LogP contribution in [-0.2, 0) is 15.8 Å². The molecule has 1 heterocycles. The topological polar surface area (TPSA) is 101 Å². The number of carboxylic acids is 1. The number of carboxylic acid groups (broad SMARTS) is 1. The van der Waals surface area contributed by atoms with Gasteiger partial charge in [0.15, 0.2) is 0 Å². The van der Waals surface area contributed by atoms with Crippen LogP contribution in [0.15, 0.2) is 84.9 Å². The third kappa shape index (κ3) is 6.31. The number of likely N-dealkylation sites (tertiary alicyclic amines) is 1. The Balaban J connectivity index is 1.32. The van der Waals surface area contributed by atoms with Crippen LogP contribution in [0.2, 0.25) is 0 Å². The van der Waals surface area contributed by atoms with Gasteiger partial charge in [-0.15, -0.1) is 0 Å². The minimum atomic E-state index is -1.31. The first-order chi connectivity index (χ1) is 19.3. The van der Waals surface area contributed by atoms with Gasteiger partial charge in [-0.3, -0.25) is 4.79 Å². The molecule has 0 saturated carbocycles.